The number of methoxy groups -OCH3 is 1. The van der Waals surface area contributed by atoms with Gasteiger partial charge in [-0.1, -0.05) is 82.6 Å². The van der Waals surface area contributed by atoms with Gasteiger partial charge in [0.25, 0.3) is 0 Å². The van der Waals surface area contributed by atoms with Crippen molar-refractivity contribution in [2.24, 2.45) is 11.3 Å². The molecule has 0 saturated carbocycles. The van der Waals surface area contributed by atoms with E-state index in [1.807, 2.05) is 95.3 Å². The van der Waals surface area contributed by atoms with Gasteiger partial charge in [-0.05, 0) is 60.1 Å². The van der Waals surface area contributed by atoms with Gasteiger partial charge >= 0.3 is 12.1 Å². The normalized spacial score (nSPS) is 15.0. The van der Waals surface area contributed by atoms with Gasteiger partial charge in [0, 0.05) is 57.4 Å². The van der Waals surface area contributed by atoms with Gasteiger partial charge in [-0.3, -0.25) is 24.8 Å². The fourth-order valence-electron chi connectivity index (χ4n) is 6.96. The van der Waals surface area contributed by atoms with Crippen LogP contribution in [0.2, 0.25) is 0 Å². The number of amides is 6. The summed E-state index contributed by atoms with van der Waals surface area (Å²) in [5.41, 5.74) is 6.21. The number of aromatic nitrogens is 1. The Bertz CT molecular complexity index is 1840. The number of hydrogen-bond acceptors (Lipinski definition) is 9. The van der Waals surface area contributed by atoms with Crippen molar-refractivity contribution in [1.82, 2.24) is 35.9 Å². The third-order valence-electron chi connectivity index (χ3n) is 10.2. The molecule has 0 spiro atoms. The number of urea groups is 1. The number of aryl methyl sites for hydroxylation is 1. The number of nitrogens with one attached hydrogen (secondary N) is 4. The van der Waals surface area contributed by atoms with E-state index in [1.165, 1.54) is 14.0 Å². The molecule has 0 aliphatic carbocycles. The van der Waals surface area contributed by atoms with Gasteiger partial charge in [-0.25, -0.2) is 14.6 Å². The van der Waals surface area contributed by atoms with Crippen molar-refractivity contribution >= 4 is 35.5 Å². The zero-order valence-electron chi connectivity index (χ0n) is 34.8. The van der Waals surface area contributed by atoms with Crippen LogP contribution in [-0.4, -0.2) is 106 Å². The first kappa shape index (κ1) is 45.2. The van der Waals surface area contributed by atoms with E-state index in [4.69, 9.17) is 0 Å². The standard InChI is InChI=1S/C43H60N8O7/c1-8-29(2)39(51-22-21-49(42(51)57)26-35-16-12-13-30(3)45-35)40(55)47-36(23-32-14-10-9-11-15-32)37(53)27-50(25-33-17-19-34(20-18-33)46-31(4)52)48-38(54)24-43(5,6)28-44-41(56)58-7/h9-20,29,36-37,39,53H,8,21-28H2,1-7H3,(H,44,56)(H,46,52)(H,47,55)(H,48,54). The Balaban J connectivity index is 1.57. The van der Waals surface area contributed by atoms with Crippen molar-refractivity contribution in [2.75, 3.05) is 38.6 Å². The van der Waals surface area contributed by atoms with Crippen LogP contribution in [0.15, 0.2) is 72.8 Å². The number of hydrogen-bond donors (Lipinski definition) is 5. The summed E-state index contributed by atoms with van der Waals surface area (Å²) in [4.78, 5) is 73.1. The van der Waals surface area contributed by atoms with Crippen LogP contribution in [0.4, 0.5) is 15.3 Å². The number of aliphatic hydroxyl groups excluding tert-OH is 1. The first-order chi connectivity index (χ1) is 27.6. The fraction of sp³-hybridized carbons (Fsp3) is 0.488. The summed E-state index contributed by atoms with van der Waals surface area (Å²) in [6.07, 6.45) is -0.840. The molecule has 3 aromatic rings. The molecule has 4 atom stereocenters. The number of ether oxygens (including phenoxy) is 1. The van der Waals surface area contributed by atoms with Gasteiger partial charge in [0.15, 0.2) is 0 Å². The highest BCUT2D eigenvalue weighted by Crippen LogP contribution is 2.24. The molecule has 4 unspecified atom stereocenters. The molecule has 2 heterocycles. The zero-order valence-corrected chi connectivity index (χ0v) is 34.8. The molecule has 314 valence electrons. The summed E-state index contributed by atoms with van der Waals surface area (Å²) in [6, 6.07) is 20.5. The number of rotatable bonds is 20. The third kappa shape index (κ3) is 13.8. The molecular weight excluding hydrogens is 741 g/mol. The van der Waals surface area contributed by atoms with Crippen LogP contribution < -0.4 is 21.4 Å². The molecule has 15 nitrogen and oxygen atoms in total. The molecule has 1 saturated heterocycles. The SMILES string of the molecule is CCC(C)C(C(=O)NC(Cc1ccccc1)C(O)CN(Cc1ccc(NC(C)=O)cc1)NC(=O)CC(C)(C)CNC(=O)OC)N1CCN(Cc2cccc(C)n2)C1=O. The largest absolute Gasteiger partial charge is 0.453 e. The summed E-state index contributed by atoms with van der Waals surface area (Å²) < 4.78 is 4.68. The smallest absolute Gasteiger partial charge is 0.406 e. The maximum absolute atomic E-state index is 14.4. The van der Waals surface area contributed by atoms with E-state index >= 15 is 0 Å². The lowest BCUT2D eigenvalue weighted by Gasteiger charge is -2.35. The number of hydrazine groups is 1. The Morgan fingerprint density at radius 1 is 0.983 bits per heavy atom. The molecular formula is C43H60N8O7. The van der Waals surface area contributed by atoms with Crippen molar-refractivity contribution in [3.05, 3.63) is 95.3 Å². The van der Waals surface area contributed by atoms with E-state index in [9.17, 15) is 29.1 Å². The number of benzene rings is 2. The lowest BCUT2D eigenvalue weighted by Crippen LogP contribution is -2.58. The van der Waals surface area contributed by atoms with Gasteiger partial charge in [-0.15, -0.1) is 0 Å². The van der Waals surface area contributed by atoms with Gasteiger partial charge in [0.05, 0.1) is 31.5 Å². The molecule has 58 heavy (non-hydrogen) atoms. The van der Waals surface area contributed by atoms with Gasteiger partial charge < -0.3 is 35.6 Å². The molecule has 1 aliphatic heterocycles. The van der Waals surface area contributed by atoms with E-state index in [0.717, 1.165) is 22.5 Å². The van der Waals surface area contributed by atoms with Crippen molar-refractivity contribution in [3.8, 4) is 0 Å². The molecule has 15 heteroatoms. The maximum atomic E-state index is 14.4. The molecule has 1 aromatic heterocycles. The Labute approximate surface area is 341 Å². The van der Waals surface area contributed by atoms with E-state index < -0.39 is 29.7 Å². The topological polar surface area (TPSA) is 186 Å². The fourth-order valence-corrected chi connectivity index (χ4v) is 6.96. The number of aliphatic hydroxyl groups is 1. The summed E-state index contributed by atoms with van der Waals surface area (Å²) >= 11 is 0. The van der Waals surface area contributed by atoms with E-state index in [2.05, 4.69) is 31.1 Å². The predicted molar refractivity (Wildman–Crippen MR) is 221 cm³/mol. The van der Waals surface area contributed by atoms with Crippen LogP contribution in [0, 0.1) is 18.3 Å². The quantitative estimate of drug-likeness (QED) is 0.103. The molecule has 0 radical (unpaired) electrons. The first-order valence-corrected chi connectivity index (χ1v) is 19.8. The highest BCUT2D eigenvalue weighted by atomic mass is 16.5. The lowest BCUT2D eigenvalue weighted by molar-refractivity contribution is -0.131. The minimum absolute atomic E-state index is 0.0344. The zero-order chi connectivity index (χ0) is 42.4. The minimum Gasteiger partial charge on any atom is -0.453 e. The number of anilines is 1. The highest BCUT2D eigenvalue weighted by Gasteiger charge is 2.41. The molecule has 5 N–H and O–H groups in total. The average molecular weight is 801 g/mol. The number of carbonyl (C=O) groups is 5. The summed E-state index contributed by atoms with van der Waals surface area (Å²) in [5.74, 6) is -1.12. The van der Waals surface area contributed by atoms with Crippen LogP contribution in [0.25, 0.3) is 0 Å². The molecule has 0 bridgehead atoms. The van der Waals surface area contributed by atoms with Gasteiger partial charge in [0.1, 0.15) is 6.04 Å². The molecule has 4 rings (SSSR count). The lowest BCUT2D eigenvalue weighted by atomic mass is 9.89. The summed E-state index contributed by atoms with van der Waals surface area (Å²) in [6.45, 7) is 12.4. The Morgan fingerprint density at radius 3 is 2.33 bits per heavy atom. The van der Waals surface area contributed by atoms with Crippen LogP contribution in [0.5, 0.6) is 0 Å². The molecule has 1 fully saturated rings. The average Bonchev–Trinajstić information content (AvgIpc) is 3.52. The first-order valence-electron chi connectivity index (χ1n) is 19.8. The van der Waals surface area contributed by atoms with Crippen molar-refractivity contribution < 1.29 is 33.8 Å². The third-order valence-corrected chi connectivity index (χ3v) is 10.2. The number of carbonyl (C=O) groups excluding carboxylic acids is 5. The minimum atomic E-state index is -1.19. The predicted octanol–water partition coefficient (Wildman–Crippen LogP) is 4.39. The number of nitrogens with zero attached hydrogens (tertiary/aromatic N) is 4. The second-order valence-electron chi connectivity index (χ2n) is 15.9. The summed E-state index contributed by atoms with van der Waals surface area (Å²) in [7, 11) is 1.27. The molecule has 1 aliphatic rings. The van der Waals surface area contributed by atoms with Crippen molar-refractivity contribution in [1.29, 1.82) is 0 Å². The Morgan fingerprint density at radius 2 is 1.69 bits per heavy atom. The van der Waals surface area contributed by atoms with Crippen molar-refractivity contribution in [2.45, 2.75) is 92.1 Å². The Hall–Kier alpha value is -5.54. The number of pyridine rings is 1. The Kier molecular flexibility index (Phi) is 16.6. The van der Waals surface area contributed by atoms with E-state index in [1.54, 1.807) is 26.9 Å². The van der Waals surface area contributed by atoms with Crippen LogP contribution in [-0.2, 0) is 38.6 Å². The van der Waals surface area contributed by atoms with Crippen LogP contribution >= 0.6 is 0 Å². The molecule has 6 amide bonds. The van der Waals surface area contributed by atoms with Crippen LogP contribution in [0.1, 0.15) is 70.0 Å². The van der Waals surface area contributed by atoms with Crippen molar-refractivity contribution in [3.63, 3.8) is 0 Å². The van der Waals surface area contributed by atoms with E-state index in [-0.39, 0.29) is 62.1 Å². The summed E-state index contributed by atoms with van der Waals surface area (Å²) in [5, 5.41) is 22.1. The van der Waals surface area contributed by atoms with Gasteiger partial charge in [0.2, 0.25) is 17.7 Å². The van der Waals surface area contributed by atoms with Crippen LogP contribution in [0.3, 0.4) is 0 Å². The highest BCUT2D eigenvalue weighted by molar-refractivity contribution is 5.89. The maximum Gasteiger partial charge on any atom is 0.406 e. The second kappa shape index (κ2) is 21.3. The van der Waals surface area contributed by atoms with E-state index in [0.29, 0.717) is 31.7 Å². The molecule has 2 aromatic carbocycles. The number of alkyl carbamates (subject to hydrolysis) is 1. The van der Waals surface area contributed by atoms with Gasteiger partial charge in [-0.2, -0.15) is 0 Å². The second-order valence-corrected chi connectivity index (χ2v) is 15.9. The monoisotopic (exact) mass is 800 g/mol.